The van der Waals surface area contributed by atoms with Crippen LogP contribution in [0.25, 0.3) is 0 Å². The molecule has 0 spiro atoms. The van der Waals surface area contributed by atoms with Gasteiger partial charge in [-0.05, 0) is 75.0 Å². The Morgan fingerprint density at radius 1 is 1.16 bits per heavy atom. The van der Waals surface area contributed by atoms with Gasteiger partial charge in [0.2, 0.25) is 0 Å². The summed E-state index contributed by atoms with van der Waals surface area (Å²) < 4.78 is 0. The topological polar surface area (TPSA) is 67.6 Å². The van der Waals surface area contributed by atoms with E-state index in [1.807, 2.05) is 6.92 Å². The average molecular weight is 260 g/mol. The number of H-pyrrole nitrogens is 1. The number of aryl methyl sites for hydroxylation is 1. The van der Waals surface area contributed by atoms with E-state index in [1.165, 1.54) is 32.1 Å². The fraction of sp³-hybridized carbons (Fsp3) is 0.867. The maximum absolute atomic E-state index is 6.34. The molecular weight excluding hydrogens is 236 g/mol. The number of nitrogens with zero attached hydrogens (tertiary/aromatic N) is 2. The highest BCUT2D eigenvalue weighted by molar-refractivity contribution is 5.01. The van der Waals surface area contributed by atoms with Gasteiger partial charge in [0.15, 0.2) is 5.82 Å². The minimum atomic E-state index is 0.0208. The molecule has 3 N–H and O–H groups in total. The molecule has 1 aromatic heterocycles. The number of hydrogen-bond donors (Lipinski definition) is 2. The van der Waals surface area contributed by atoms with Crippen LogP contribution in [0.1, 0.15) is 56.2 Å². The molecule has 1 atom stereocenters. The number of hydrogen-bond acceptors (Lipinski definition) is 3. The van der Waals surface area contributed by atoms with Crippen molar-refractivity contribution in [1.82, 2.24) is 15.2 Å². The summed E-state index contributed by atoms with van der Waals surface area (Å²) in [6.07, 6.45) is 8.49. The van der Waals surface area contributed by atoms with Crippen LogP contribution in [0.15, 0.2) is 0 Å². The lowest BCUT2D eigenvalue weighted by Gasteiger charge is -2.55. The Morgan fingerprint density at radius 2 is 1.79 bits per heavy atom. The minimum Gasteiger partial charge on any atom is -0.321 e. The molecule has 4 heteroatoms. The van der Waals surface area contributed by atoms with E-state index >= 15 is 0 Å². The highest BCUT2D eigenvalue weighted by atomic mass is 15.2. The monoisotopic (exact) mass is 260 g/mol. The van der Waals surface area contributed by atoms with Crippen LogP contribution in [0.5, 0.6) is 0 Å². The first-order valence-corrected chi connectivity index (χ1v) is 7.83. The molecule has 0 amide bonds. The fourth-order valence-electron chi connectivity index (χ4n) is 5.35. The van der Waals surface area contributed by atoms with Crippen molar-refractivity contribution in [3.05, 3.63) is 11.6 Å². The summed E-state index contributed by atoms with van der Waals surface area (Å²) in [5.41, 5.74) is 6.34. The van der Waals surface area contributed by atoms with Crippen molar-refractivity contribution >= 4 is 0 Å². The predicted molar refractivity (Wildman–Crippen MR) is 73.2 cm³/mol. The first-order valence-electron chi connectivity index (χ1n) is 7.83. The Morgan fingerprint density at radius 3 is 2.32 bits per heavy atom. The van der Waals surface area contributed by atoms with Crippen LogP contribution >= 0.6 is 0 Å². The molecule has 5 rings (SSSR count). The average Bonchev–Trinajstić information content (AvgIpc) is 2.79. The van der Waals surface area contributed by atoms with E-state index in [9.17, 15) is 0 Å². The van der Waals surface area contributed by atoms with Gasteiger partial charge in [-0.1, -0.05) is 0 Å². The molecule has 4 aliphatic carbocycles. The van der Waals surface area contributed by atoms with Gasteiger partial charge in [0.05, 0.1) is 6.04 Å². The van der Waals surface area contributed by atoms with Crippen LogP contribution in [0, 0.1) is 36.5 Å². The normalized spacial score (nSPS) is 41.7. The summed E-state index contributed by atoms with van der Waals surface area (Å²) in [4.78, 5) is 4.40. The number of aromatic amines is 1. The van der Waals surface area contributed by atoms with E-state index in [4.69, 9.17) is 5.73 Å². The molecular formula is C15H24N4. The largest absolute Gasteiger partial charge is 0.321 e. The van der Waals surface area contributed by atoms with Gasteiger partial charge in [-0.15, -0.1) is 0 Å². The third-order valence-electron chi connectivity index (χ3n) is 5.89. The SMILES string of the molecule is Cc1nc(C(N)CC2C3CC4CC(C3)CC2C4)n[nH]1. The third kappa shape index (κ3) is 2.00. The van der Waals surface area contributed by atoms with Gasteiger partial charge in [0.25, 0.3) is 0 Å². The first kappa shape index (κ1) is 11.9. The smallest absolute Gasteiger partial charge is 0.167 e. The summed E-state index contributed by atoms with van der Waals surface area (Å²) in [6.45, 7) is 1.94. The van der Waals surface area contributed by atoms with Crippen LogP contribution in [0.3, 0.4) is 0 Å². The molecule has 19 heavy (non-hydrogen) atoms. The van der Waals surface area contributed by atoms with Crippen LogP contribution in [0.4, 0.5) is 0 Å². The quantitative estimate of drug-likeness (QED) is 0.877. The van der Waals surface area contributed by atoms with Crippen molar-refractivity contribution in [2.45, 2.75) is 51.5 Å². The van der Waals surface area contributed by atoms with Crippen LogP contribution in [-0.2, 0) is 0 Å². The zero-order chi connectivity index (χ0) is 13.0. The molecule has 1 aromatic rings. The van der Waals surface area contributed by atoms with Gasteiger partial charge in [-0.3, -0.25) is 5.10 Å². The summed E-state index contributed by atoms with van der Waals surface area (Å²) >= 11 is 0. The molecule has 0 aromatic carbocycles. The summed E-state index contributed by atoms with van der Waals surface area (Å²) in [6, 6.07) is 0.0208. The number of aromatic nitrogens is 3. The molecule has 1 unspecified atom stereocenters. The standard InChI is InChI=1S/C15H24N4/c1-8-17-15(19-18-8)14(16)7-13-11-3-9-2-10(5-11)6-12(13)4-9/h9-14H,2-7,16H2,1H3,(H,17,18,19). The van der Waals surface area contributed by atoms with E-state index in [0.717, 1.165) is 47.7 Å². The van der Waals surface area contributed by atoms with Gasteiger partial charge < -0.3 is 5.73 Å². The highest BCUT2D eigenvalue weighted by Crippen LogP contribution is 2.57. The zero-order valence-electron chi connectivity index (χ0n) is 11.7. The maximum Gasteiger partial charge on any atom is 0.167 e. The Hall–Kier alpha value is -0.900. The van der Waals surface area contributed by atoms with E-state index in [0.29, 0.717) is 0 Å². The molecule has 104 valence electrons. The van der Waals surface area contributed by atoms with Crippen LogP contribution < -0.4 is 5.73 Å². The number of nitrogens with one attached hydrogen (secondary N) is 1. The minimum absolute atomic E-state index is 0.0208. The molecule has 4 fully saturated rings. The van der Waals surface area contributed by atoms with Crippen LogP contribution in [-0.4, -0.2) is 15.2 Å². The third-order valence-corrected chi connectivity index (χ3v) is 5.89. The van der Waals surface area contributed by atoms with Crippen molar-refractivity contribution in [2.75, 3.05) is 0 Å². The van der Waals surface area contributed by atoms with Gasteiger partial charge >= 0.3 is 0 Å². The van der Waals surface area contributed by atoms with Gasteiger partial charge in [-0.25, -0.2) is 4.98 Å². The molecule has 0 radical (unpaired) electrons. The van der Waals surface area contributed by atoms with Gasteiger partial charge in [-0.2, -0.15) is 5.10 Å². The Labute approximate surface area is 114 Å². The second-order valence-electron chi connectivity index (χ2n) is 7.22. The zero-order valence-corrected chi connectivity index (χ0v) is 11.7. The van der Waals surface area contributed by atoms with Gasteiger partial charge in [0, 0.05) is 0 Å². The van der Waals surface area contributed by atoms with Crippen molar-refractivity contribution < 1.29 is 0 Å². The van der Waals surface area contributed by atoms with E-state index in [-0.39, 0.29) is 6.04 Å². The lowest BCUT2D eigenvalue weighted by Crippen LogP contribution is -2.45. The summed E-state index contributed by atoms with van der Waals surface area (Å²) in [5.74, 6) is 6.49. The Bertz CT molecular complexity index is 438. The second-order valence-corrected chi connectivity index (χ2v) is 7.22. The first-order chi connectivity index (χ1) is 9.19. The fourth-order valence-corrected chi connectivity index (χ4v) is 5.35. The lowest BCUT2D eigenvalue weighted by molar-refractivity contribution is -0.0423. The maximum atomic E-state index is 6.34. The van der Waals surface area contributed by atoms with Gasteiger partial charge in [0.1, 0.15) is 5.82 Å². The Kier molecular flexibility index (Phi) is 2.69. The number of rotatable bonds is 3. The molecule has 4 bridgehead atoms. The highest BCUT2D eigenvalue weighted by Gasteiger charge is 2.48. The predicted octanol–water partition coefficient (Wildman–Crippen LogP) is 2.58. The van der Waals surface area contributed by atoms with E-state index in [2.05, 4.69) is 15.2 Å². The van der Waals surface area contributed by atoms with E-state index < -0.39 is 0 Å². The molecule has 1 heterocycles. The van der Waals surface area contributed by atoms with E-state index in [1.54, 1.807) is 0 Å². The summed E-state index contributed by atoms with van der Waals surface area (Å²) in [7, 11) is 0. The second kappa shape index (κ2) is 4.30. The molecule has 0 aliphatic heterocycles. The van der Waals surface area contributed by atoms with Crippen molar-refractivity contribution in [1.29, 1.82) is 0 Å². The van der Waals surface area contributed by atoms with Crippen molar-refractivity contribution in [2.24, 2.45) is 35.3 Å². The molecule has 4 saturated carbocycles. The molecule has 4 nitrogen and oxygen atoms in total. The van der Waals surface area contributed by atoms with Crippen molar-refractivity contribution in [3.8, 4) is 0 Å². The summed E-state index contributed by atoms with van der Waals surface area (Å²) in [5, 5.41) is 7.15. The van der Waals surface area contributed by atoms with Crippen LogP contribution in [0.2, 0.25) is 0 Å². The van der Waals surface area contributed by atoms with Crippen molar-refractivity contribution in [3.63, 3.8) is 0 Å². The Balaban J connectivity index is 1.48. The molecule has 0 saturated heterocycles. The lowest BCUT2D eigenvalue weighted by atomic mass is 9.51. The number of nitrogens with two attached hydrogens (primary N) is 1. The molecule has 4 aliphatic rings.